The van der Waals surface area contributed by atoms with Gasteiger partial charge in [0.15, 0.2) is 11.5 Å². The fourth-order valence-electron chi connectivity index (χ4n) is 4.43. The van der Waals surface area contributed by atoms with Crippen LogP contribution >= 0.6 is 0 Å². The molecule has 0 fully saturated rings. The molecule has 1 heterocycles. The normalized spacial score (nSPS) is 13.5. The SMILES string of the molecule is COc1cc2c(cc1OC)CN(C(=O)C(CCCCNC(=O)OC(C)(C)C)NC(=O)OCc1ccccc1)CC2. The van der Waals surface area contributed by atoms with E-state index in [0.29, 0.717) is 56.8 Å². The molecule has 1 unspecified atom stereocenters. The highest BCUT2D eigenvalue weighted by Crippen LogP contribution is 2.33. The Bertz CT molecular complexity index is 1150. The average molecular weight is 556 g/mol. The molecule has 0 saturated heterocycles. The van der Waals surface area contributed by atoms with Gasteiger partial charge in [-0.3, -0.25) is 4.79 Å². The summed E-state index contributed by atoms with van der Waals surface area (Å²) in [4.78, 5) is 40.0. The van der Waals surface area contributed by atoms with Gasteiger partial charge in [0.05, 0.1) is 14.2 Å². The zero-order chi connectivity index (χ0) is 29.1. The van der Waals surface area contributed by atoms with Gasteiger partial charge in [-0.25, -0.2) is 9.59 Å². The van der Waals surface area contributed by atoms with Crippen LogP contribution in [0.1, 0.15) is 56.7 Å². The molecule has 1 atom stereocenters. The second-order valence-corrected chi connectivity index (χ2v) is 10.7. The Morgan fingerprint density at radius 3 is 2.27 bits per heavy atom. The second-order valence-electron chi connectivity index (χ2n) is 10.7. The van der Waals surface area contributed by atoms with Crippen molar-refractivity contribution >= 4 is 18.1 Å². The van der Waals surface area contributed by atoms with Crippen molar-refractivity contribution in [3.05, 3.63) is 59.2 Å². The molecule has 0 aromatic heterocycles. The van der Waals surface area contributed by atoms with Crippen molar-refractivity contribution in [3.8, 4) is 11.5 Å². The van der Waals surface area contributed by atoms with Crippen molar-refractivity contribution in [2.24, 2.45) is 0 Å². The summed E-state index contributed by atoms with van der Waals surface area (Å²) in [6.45, 7) is 6.81. The van der Waals surface area contributed by atoms with Crippen LogP contribution in [0.2, 0.25) is 0 Å². The van der Waals surface area contributed by atoms with E-state index < -0.39 is 23.8 Å². The molecule has 2 aromatic carbocycles. The third-order valence-electron chi connectivity index (χ3n) is 6.42. The van der Waals surface area contributed by atoms with Gasteiger partial charge in [-0.1, -0.05) is 30.3 Å². The first-order chi connectivity index (χ1) is 19.1. The summed E-state index contributed by atoms with van der Waals surface area (Å²) in [6.07, 6.45) is 1.13. The lowest BCUT2D eigenvalue weighted by Crippen LogP contribution is -2.50. The number of hydrogen-bond acceptors (Lipinski definition) is 7. The standard InChI is InChI=1S/C30H41N3O7/c1-30(2,3)40-28(35)31-15-10-9-13-24(32-29(36)39-20-21-11-7-6-8-12-21)27(34)33-16-14-22-17-25(37-4)26(38-5)18-23(22)19-33/h6-8,11-12,17-18,24H,9-10,13-16,19-20H2,1-5H3,(H,31,35)(H,32,36). The summed E-state index contributed by atoms with van der Waals surface area (Å²) in [5.41, 5.74) is 2.35. The summed E-state index contributed by atoms with van der Waals surface area (Å²) in [6, 6.07) is 12.4. The monoisotopic (exact) mass is 555 g/mol. The van der Waals surface area contributed by atoms with Gasteiger partial charge in [0.1, 0.15) is 18.2 Å². The number of amides is 3. The summed E-state index contributed by atoms with van der Waals surface area (Å²) >= 11 is 0. The largest absolute Gasteiger partial charge is 0.493 e. The fourth-order valence-corrected chi connectivity index (χ4v) is 4.43. The van der Waals surface area contributed by atoms with Crippen LogP contribution in [0, 0.1) is 0 Å². The first-order valence-electron chi connectivity index (χ1n) is 13.6. The van der Waals surface area contributed by atoms with Crippen molar-refractivity contribution in [2.45, 2.75) is 71.2 Å². The maximum absolute atomic E-state index is 13.6. The number of fused-ring (bicyclic) bond motifs is 1. The van der Waals surface area contributed by atoms with Crippen molar-refractivity contribution < 1.29 is 33.3 Å². The highest BCUT2D eigenvalue weighted by molar-refractivity contribution is 5.86. The summed E-state index contributed by atoms with van der Waals surface area (Å²) < 4.78 is 21.5. The van der Waals surface area contributed by atoms with Crippen molar-refractivity contribution in [1.29, 1.82) is 0 Å². The molecule has 40 heavy (non-hydrogen) atoms. The Kier molecular flexibility index (Phi) is 11.0. The first-order valence-corrected chi connectivity index (χ1v) is 13.6. The van der Waals surface area contributed by atoms with E-state index in [1.54, 1.807) is 39.9 Å². The van der Waals surface area contributed by atoms with Gasteiger partial charge in [0, 0.05) is 19.6 Å². The molecular weight excluding hydrogens is 514 g/mol. The number of ether oxygens (including phenoxy) is 4. The van der Waals surface area contributed by atoms with Crippen LogP contribution in [0.25, 0.3) is 0 Å². The van der Waals surface area contributed by atoms with Crippen molar-refractivity contribution in [3.63, 3.8) is 0 Å². The molecule has 3 amide bonds. The molecule has 0 radical (unpaired) electrons. The zero-order valence-corrected chi connectivity index (χ0v) is 24.1. The van der Waals surface area contributed by atoms with E-state index in [1.165, 1.54) is 0 Å². The van der Waals surface area contributed by atoms with Crippen LogP contribution in [-0.4, -0.2) is 61.9 Å². The molecular formula is C30H41N3O7. The van der Waals surface area contributed by atoms with Gasteiger partial charge in [-0.2, -0.15) is 0 Å². The number of nitrogens with zero attached hydrogens (tertiary/aromatic N) is 1. The van der Waals surface area contributed by atoms with Crippen LogP contribution in [0.4, 0.5) is 9.59 Å². The number of alkyl carbamates (subject to hydrolysis) is 2. The number of nitrogens with one attached hydrogen (secondary N) is 2. The minimum atomic E-state index is -0.772. The Labute approximate surface area is 236 Å². The first kappa shape index (κ1) is 30.6. The highest BCUT2D eigenvalue weighted by atomic mass is 16.6. The third kappa shape index (κ3) is 9.36. The minimum Gasteiger partial charge on any atom is -0.493 e. The van der Waals surface area contributed by atoms with Crippen molar-refractivity contribution in [2.75, 3.05) is 27.3 Å². The zero-order valence-electron chi connectivity index (χ0n) is 24.1. The van der Waals surface area contributed by atoms with Gasteiger partial charge in [0.2, 0.25) is 5.91 Å². The molecule has 218 valence electrons. The summed E-state index contributed by atoms with van der Waals surface area (Å²) in [5.74, 6) is 1.08. The summed E-state index contributed by atoms with van der Waals surface area (Å²) in [7, 11) is 3.17. The number of hydrogen-bond donors (Lipinski definition) is 2. The minimum absolute atomic E-state index is 0.103. The Hall–Kier alpha value is -3.95. The van der Waals surface area contributed by atoms with Crippen molar-refractivity contribution in [1.82, 2.24) is 15.5 Å². The van der Waals surface area contributed by atoms with E-state index in [-0.39, 0.29) is 12.5 Å². The molecule has 2 aromatic rings. The van der Waals surface area contributed by atoms with E-state index in [2.05, 4.69) is 10.6 Å². The molecule has 0 spiro atoms. The predicted molar refractivity (Wildman–Crippen MR) is 150 cm³/mol. The fraction of sp³-hybridized carbons (Fsp3) is 0.500. The molecule has 3 rings (SSSR count). The van der Waals surface area contributed by atoms with E-state index in [0.717, 1.165) is 16.7 Å². The third-order valence-corrected chi connectivity index (χ3v) is 6.42. The number of benzene rings is 2. The van der Waals surface area contributed by atoms with Crippen LogP contribution in [0.15, 0.2) is 42.5 Å². The topological polar surface area (TPSA) is 115 Å². The lowest BCUT2D eigenvalue weighted by atomic mass is 9.97. The maximum Gasteiger partial charge on any atom is 0.408 e. The summed E-state index contributed by atoms with van der Waals surface area (Å²) in [5, 5.41) is 5.50. The highest BCUT2D eigenvalue weighted by Gasteiger charge is 2.29. The van der Waals surface area contributed by atoms with Gasteiger partial charge >= 0.3 is 12.2 Å². The van der Waals surface area contributed by atoms with Gasteiger partial charge < -0.3 is 34.5 Å². The Morgan fingerprint density at radius 1 is 0.950 bits per heavy atom. The van der Waals surface area contributed by atoms with E-state index in [9.17, 15) is 14.4 Å². The average Bonchev–Trinajstić information content (AvgIpc) is 2.93. The molecule has 10 nitrogen and oxygen atoms in total. The van der Waals surface area contributed by atoms with E-state index >= 15 is 0 Å². The molecule has 0 saturated carbocycles. The lowest BCUT2D eigenvalue weighted by Gasteiger charge is -2.32. The Balaban J connectivity index is 1.62. The molecule has 2 N–H and O–H groups in total. The predicted octanol–water partition coefficient (Wildman–Crippen LogP) is 4.58. The number of unbranched alkanes of at least 4 members (excludes halogenated alkanes) is 1. The lowest BCUT2D eigenvalue weighted by molar-refractivity contribution is -0.134. The van der Waals surface area contributed by atoms with Crippen LogP contribution in [0.5, 0.6) is 11.5 Å². The molecule has 1 aliphatic rings. The number of methoxy groups -OCH3 is 2. The van der Waals surface area contributed by atoms with Gasteiger partial charge in [0.25, 0.3) is 0 Å². The van der Waals surface area contributed by atoms with E-state index in [4.69, 9.17) is 18.9 Å². The number of rotatable bonds is 11. The van der Waals surface area contributed by atoms with Crippen LogP contribution in [-0.2, 0) is 33.8 Å². The maximum atomic E-state index is 13.6. The number of carbonyl (C=O) groups is 3. The quantitative estimate of drug-likeness (QED) is 0.390. The Morgan fingerprint density at radius 2 is 1.62 bits per heavy atom. The van der Waals surface area contributed by atoms with Gasteiger partial charge in [-0.15, -0.1) is 0 Å². The smallest absolute Gasteiger partial charge is 0.408 e. The molecule has 0 aliphatic carbocycles. The van der Waals surface area contributed by atoms with Gasteiger partial charge in [-0.05, 0) is 75.3 Å². The van der Waals surface area contributed by atoms with Crippen LogP contribution in [0.3, 0.4) is 0 Å². The molecule has 10 heteroatoms. The second kappa shape index (κ2) is 14.4. The molecule has 1 aliphatic heterocycles. The number of carbonyl (C=O) groups excluding carboxylic acids is 3. The molecule has 0 bridgehead atoms. The van der Waals surface area contributed by atoms with E-state index in [1.807, 2.05) is 42.5 Å². The van der Waals surface area contributed by atoms with Crippen LogP contribution < -0.4 is 20.1 Å².